The number of amides is 1. The number of carbonyl (C=O) groups excluding carboxylic acids is 1. The van der Waals surface area contributed by atoms with Crippen LogP contribution in [0.2, 0.25) is 0 Å². The van der Waals surface area contributed by atoms with Gasteiger partial charge in [-0.2, -0.15) is 0 Å². The number of carbonyl (C=O) groups is 1. The molecule has 0 radical (unpaired) electrons. The molecule has 1 atom stereocenters. The Morgan fingerprint density at radius 2 is 1.77 bits per heavy atom. The van der Waals surface area contributed by atoms with Crippen LogP contribution in [-0.2, 0) is 4.79 Å². The van der Waals surface area contributed by atoms with Crippen LogP contribution in [0.5, 0.6) is 5.75 Å². The summed E-state index contributed by atoms with van der Waals surface area (Å²) < 4.78 is 5.60. The summed E-state index contributed by atoms with van der Waals surface area (Å²) in [5, 5.41) is 2.80. The molecule has 4 nitrogen and oxygen atoms in total. The van der Waals surface area contributed by atoms with Crippen molar-refractivity contribution in [3.8, 4) is 5.75 Å². The molecule has 0 aliphatic heterocycles. The van der Waals surface area contributed by atoms with Crippen LogP contribution >= 0.6 is 12.4 Å². The second-order valence-corrected chi connectivity index (χ2v) is 6.71. The predicted molar refractivity (Wildman–Crippen MR) is 93.7 cm³/mol. The van der Waals surface area contributed by atoms with Gasteiger partial charge in [-0.25, -0.2) is 0 Å². The summed E-state index contributed by atoms with van der Waals surface area (Å²) >= 11 is 0. The quantitative estimate of drug-likeness (QED) is 0.789. The molecule has 0 aromatic heterocycles. The van der Waals surface area contributed by atoms with Crippen LogP contribution in [-0.4, -0.2) is 25.1 Å². The maximum Gasteiger partial charge on any atom is 0.237 e. The molecule has 0 saturated heterocycles. The summed E-state index contributed by atoms with van der Waals surface area (Å²) in [5.41, 5.74) is 6.93. The van der Waals surface area contributed by atoms with Crippen LogP contribution in [0.4, 0.5) is 0 Å². The molecule has 0 fully saturated rings. The summed E-state index contributed by atoms with van der Waals surface area (Å²) in [5.74, 6) is 1.19. The van der Waals surface area contributed by atoms with Crippen LogP contribution in [0.3, 0.4) is 0 Å². The molecule has 5 heteroatoms. The number of hydrogen-bond donors (Lipinski definition) is 2. The first kappa shape index (κ1) is 20.7. The van der Waals surface area contributed by atoms with Gasteiger partial charge in [-0.1, -0.05) is 46.8 Å². The van der Waals surface area contributed by atoms with Gasteiger partial charge in [-0.15, -0.1) is 12.4 Å². The van der Waals surface area contributed by atoms with E-state index in [0.29, 0.717) is 19.1 Å². The molecule has 0 unspecified atom stereocenters. The first-order valence-electron chi connectivity index (χ1n) is 7.48. The zero-order valence-corrected chi connectivity index (χ0v) is 15.0. The predicted octanol–water partition coefficient (Wildman–Crippen LogP) is 3.10. The highest BCUT2D eigenvalue weighted by Gasteiger charge is 2.26. The molecular weight excluding hydrogens is 300 g/mol. The number of hydrogen-bond acceptors (Lipinski definition) is 3. The third-order valence-corrected chi connectivity index (χ3v) is 3.43. The Balaban J connectivity index is 0.00000441. The zero-order chi connectivity index (χ0) is 16.0. The number of nitrogens with two attached hydrogens (primary N) is 1. The third-order valence-electron chi connectivity index (χ3n) is 3.43. The first-order chi connectivity index (χ1) is 9.71. The van der Waals surface area contributed by atoms with Crippen LogP contribution in [0.25, 0.3) is 0 Å². The average Bonchev–Trinajstić information content (AvgIpc) is 2.42. The minimum atomic E-state index is -0.511. The summed E-state index contributed by atoms with van der Waals surface area (Å²) in [6.07, 6.45) is 0. The highest BCUT2D eigenvalue weighted by molar-refractivity contribution is 5.85. The lowest BCUT2D eigenvalue weighted by atomic mass is 9.87. The van der Waals surface area contributed by atoms with Crippen molar-refractivity contribution < 1.29 is 9.53 Å². The zero-order valence-electron chi connectivity index (χ0n) is 14.2. The molecular formula is C17H29ClN2O2. The van der Waals surface area contributed by atoms with Gasteiger partial charge in [0.2, 0.25) is 5.91 Å². The van der Waals surface area contributed by atoms with E-state index >= 15 is 0 Å². The average molecular weight is 329 g/mol. The van der Waals surface area contributed by atoms with Crippen molar-refractivity contribution in [2.24, 2.45) is 11.1 Å². The van der Waals surface area contributed by atoms with E-state index in [0.717, 1.165) is 5.75 Å². The van der Waals surface area contributed by atoms with Gasteiger partial charge in [0.25, 0.3) is 0 Å². The molecule has 0 heterocycles. The van der Waals surface area contributed by atoms with E-state index in [2.05, 4.69) is 31.3 Å². The Bertz CT molecular complexity index is 453. The van der Waals surface area contributed by atoms with Crippen molar-refractivity contribution in [3.05, 3.63) is 29.8 Å². The normalized spacial score (nSPS) is 12.5. The molecule has 1 rings (SSSR count). The smallest absolute Gasteiger partial charge is 0.237 e. The van der Waals surface area contributed by atoms with E-state index in [4.69, 9.17) is 10.5 Å². The lowest BCUT2D eigenvalue weighted by Gasteiger charge is -2.25. The first-order valence-corrected chi connectivity index (χ1v) is 7.48. The summed E-state index contributed by atoms with van der Waals surface area (Å²) in [6, 6.07) is 7.53. The van der Waals surface area contributed by atoms with Gasteiger partial charge in [0.05, 0.1) is 12.6 Å². The lowest BCUT2D eigenvalue weighted by molar-refractivity contribution is -0.124. The van der Waals surface area contributed by atoms with Gasteiger partial charge in [0, 0.05) is 0 Å². The topological polar surface area (TPSA) is 64.3 Å². The molecule has 0 aliphatic rings. The van der Waals surface area contributed by atoms with Gasteiger partial charge >= 0.3 is 0 Å². The third kappa shape index (κ3) is 6.67. The molecule has 0 spiro atoms. The van der Waals surface area contributed by atoms with E-state index in [-0.39, 0.29) is 23.7 Å². The van der Waals surface area contributed by atoms with Crippen molar-refractivity contribution in [1.29, 1.82) is 0 Å². The number of rotatable bonds is 6. The number of halogens is 1. The van der Waals surface area contributed by atoms with Gasteiger partial charge < -0.3 is 15.8 Å². The summed E-state index contributed by atoms with van der Waals surface area (Å²) in [6.45, 7) is 11.0. The Labute approximate surface area is 140 Å². The number of ether oxygens (including phenoxy) is 1. The van der Waals surface area contributed by atoms with E-state index in [1.54, 1.807) is 0 Å². The van der Waals surface area contributed by atoms with Crippen molar-refractivity contribution in [1.82, 2.24) is 5.32 Å². The Morgan fingerprint density at radius 3 is 2.23 bits per heavy atom. The summed E-state index contributed by atoms with van der Waals surface area (Å²) in [4.78, 5) is 11.8. The number of benzene rings is 1. The fourth-order valence-electron chi connectivity index (χ4n) is 1.80. The van der Waals surface area contributed by atoms with E-state index < -0.39 is 6.04 Å². The molecule has 0 saturated carbocycles. The molecule has 22 heavy (non-hydrogen) atoms. The van der Waals surface area contributed by atoms with Crippen molar-refractivity contribution >= 4 is 18.3 Å². The Hall–Kier alpha value is -1.26. The fraction of sp³-hybridized carbons (Fsp3) is 0.588. The fourth-order valence-corrected chi connectivity index (χ4v) is 1.80. The lowest BCUT2D eigenvalue weighted by Crippen LogP contribution is -2.49. The largest absolute Gasteiger partial charge is 0.492 e. The van der Waals surface area contributed by atoms with Gasteiger partial charge in [-0.05, 0) is 29.0 Å². The van der Waals surface area contributed by atoms with Gasteiger partial charge in [-0.3, -0.25) is 4.79 Å². The number of nitrogens with one attached hydrogen (secondary N) is 1. The van der Waals surface area contributed by atoms with Gasteiger partial charge in [0.15, 0.2) is 0 Å². The van der Waals surface area contributed by atoms with Crippen molar-refractivity contribution in [2.45, 2.75) is 46.6 Å². The van der Waals surface area contributed by atoms with Crippen molar-refractivity contribution in [2.75, 3.05) is 13.2 Å². The minimum absolute atomic E-state index is 0. The monoisotopic (exact) mass is 328 g/mol. The Morgan fingerprint density at radius 1 is 1.23 bits per heavy atom. The van der Waals surface area contributed by atoms with Crippen LogP contribution in [0, 0.1) is 5.41 Å². The van der Waals surface area contributed by atoms with E-state index in [1.165, 1.54) is 5.56 Å². The maximum absolute atomic E-state index is 11.8. The Kier molecular flexibility index (Phi) is 8.49. The van der Waals surface area contributed by atoms with E-state index in [1.807, 2.05) is 32.9 Å². The highest BCUT2D eigenvalue weighted by Crippen LogP contribution is 2.18. The van der Waals surface area contributed by atoms with Crippen LogP contribution in [0.1, 0.15) is 46.1 Å². The molecule has 3 N–H and O–H groups in total. The SMILES string of the molecule is CC(C)c1ccc(OCCNC(=O)[C@@H](N)C(C)(C)C)cc1.Cl. The second-order valence-electron chi connectivity index (χ2n) is 6.71. The van der Waals surface area contributed by atoms with Crippen molar-refractivity contribution in [3.63, 3.8) is 0 Å². The molecule has 1 aromatic carbocycles. The van der Waals surface area contributed by atoms with E-state index in [9.17, 15) is 4.79 Å². The molecule has 1 aromatic rings. The minimum Gasteiger partial charge on any atom is -0.492 e. The standard InChI is InChI=1S/C17H28N2O2.ClH/c1-12(2)13-6-8-14(9-7-13)21-11-10-19-16(20)15(18)17(3,4)5;/h6-9,12,15H,10-11,18H2,1-5H3,(H,19,20);1H/t15-;/m1./s1. The molecule has 0 aliphatic carbocycles. The summed E-state index contributed by atoms with van der Waals surface area (Å²) in [7, 11) is 0. The van der Waals surface area contributed by atoms with Crippen LogP contribution in [0.15, 0.2) is 24.3 Å². The molecule has 126 valence electrons. The second kappa shape index (κ2) is 9.01. The highest BCUT2D eigenvalue weighted by atomic mass is 35.5. The maximum atomic E-state index is 11.8. The molecule has 0 bridgehead atoms. The van der Waals surface area contributed by atoms with Gasteiger partial charge in [0.1, 0.15) is 12.4 Å². The van der Waals surface area contributed by atoms with Crippen LogP contribution < -0.4 is 15.8 Å². The molecule has 1 amide bonds.